The predicted octanol–water partition coefficient (Wildman–Crippen LogP) is 1.07. The summed E-state index contributed by atoms with van der Waals surface area (Å²) in [5.74, 6) is 0.831. The van der Waals surface area contributed by atoms with Gasteiger partial charge in [0.2, 0.25) is 5.91 Å². The molecule has 3 rings (SSSR count). The minimum Gasteiger partial charge on any atom is -0.355 e. The zero-order valence-corrected chi connectivity index (χ0v) is 14.6. The third kappa shape index (κ3) is 4.04. The van der Waals surface area contributed by atoms with Crippen LogP contribution in [0.15, 0.2) is 41.3 Å². The van der Waals surface area contributed by atoms with E-state index in [4.69, 9.17) is 0 Å². The number of likely N-dealkylation sites (N-methyl/N-ethyl adjacent to an activating group) is 1. The van der Waals surface area contributed by atoms with Crippen LogP contribution in [0.3, 0.4) is 0 Å². The summed E-state index contributed by atoms with van der Waals surface area (Å²) in [4.78, 5) is 32.8. The smallest absolute Gasteiger partial charge is 0.267 e. The summed E-state index contributed by atoms with van der Waals surface area (Å²) >= 11 is 0. The average Bonchev–Trinajstić information content (AvgIpc) is 2.65. The molecule has 7 heteroatoms. The van der Waals surface area contributed by atoms with Crippen LogP contribution >= 0.6 is 0 Å². The van der Waals surface area contributed by atoms with Crippen LogP contribution in [0.25, 0.3) is 0 Å². The summed E-state index contributed by atoms with van der Waals surface area (Å²) in [6.07, 6.45) is 3.73. The third-order valence-electron chi connectivity index (χ3n) is 4.60. The molecule has 1 fully saturated rings. The van der Waals surface area contributed by atoms with Crippen molar-refractivity contribution in [2.24, 2.45) is 0 Å². The first kappa shape index (κ1) is 17.1. The molecule has 3 heterocycles. The van der Waals surface area contributed by atoms with Gasteiger partial charge in [-0.2, -0.15) is 5.10 Å². The Kier molecular flexibility index (Phi) is 5.11. The zero-order valence-electron chi connectivity index (χ0n) is 14.6. The van der Waals surface area contributed by atoms with Gasteiger partial charge in [-0.3, -0.25) is 9.59 Å². The van der Waals surface area contributed by atoms with Crippen LogP contribution in [0, 0.1) is 6.92 Å². The topological polar surface area (TPSA) is 71.3 Å². The highest BCUT2D eigenvalue weighted by Crippen LogP contribution is 2.20. The summed E-state index contributed by atoms with van der Waals surface area (Å²) in [5.41, 5.74) is 0.458. The van der Waals surface area contributed by atoms with Crippen molar-refractivity contribution in [2.75, 3.05) is 25.0 Å². The number of aromatic nitrogens is 3. The van der Waals surface area contributed by atoms with Crippen LogP contribution in [0.4, 0.5) is 5.82 Å². The number of carbonyl (C=O) groups is 1. The lowest BCUT2D eigenvalue weighted by atomic mass is 10.0. The minimum absolute atomic E-state index is 0.0307. The van der Waals surface area contributed by atoms with Gasteiger partial charge in [-0.15, -0.1) is 0 Å². The van der Waals surface area contributed by atoms with Crippen molar-refractivity contribution >= 4 is 11.7 Å². The van der Waals surface area contributed by atoms with Crippen molar-refractivity contribution < 1.29 is 4.79 Å². The van der Waals surface area contributed by atoms with E-state index >= 15 is 0 Å². The number of carbonyl (C=O) groups excluding carboxylic acids is 1. The Morgan fingerprint density at radius 2 is 2.16 bits per heavy atom. The lowest BCUT2D eigenvalue weighted by Gasteiger charge is -2.38. The van der Waals surface area contributed by atoms with Crippen LogP contribution in [0.2, 0.25) is 0 Å². The first-order chi connectivity index (χ1) is 12.0. The number of pyridine rings is 1. The van der Waals surface area contributed by atoms with Gasteiger partial charge in [0.25, 0.3) is 5.56 Å². The second kappa shape index (κ2) is 7.46. The quantitative estimate of drug-likeness (QED) is 0.832. The van der Waals surface area contributed by atoms with Crippen molar-refractivity contribution in [3.05, 3.63) is 52.6 Å². The molecule has 0 spiro atoms. The Morgan fingerprint density at radius 1 is 1.32 bits per heavy atom. The average molecular weight is 341 g/mol. The fraction of sp³-hybridized carbons (Fsp3) is 0.444. The molecule has 1 atom stereocenters. The Morgan fingerprint density at radius 3 is 2.92 bits per heavy atom. The molecule has 1 aliphatic heterocycles. The monoisotopic (exact) mass is 341 g/mol. The number of hydrogen-bond donors (Lipinski definition) is 0. The summed E-state index contributed by atoms with van der Waals surface area (Å²) in [6.45, 7) is 3.46. The van der Waals surface area contributed by atoms with Crippen molar-refractivity contribution in [1.82, 2.24) is 19.7 Å². The minimum atomic E-state index is -0.258. The predicted molar refractivity (Wildman–Crippen MR) is 95.5 cm³/mol. The summed E-state index contributed by atoms with van der Waals surface area (Å²) < 4.78 is 1.23. The molecule has 0 aliphatic carbocycles. The number of aryl methyl sites for hydroxylation is 1. The summed E-state index contributed by atoms with van der Waals surface area (Å²) in [6, 6.07) is 9.05. The Balaban J connectivity index is 1.67. The third-order valence-corrected chi connectivity index (χ3v) is 4.60. The van der Waals surface area contributed by atoms with E-state index in [0.29, 0.717) is 5.69 Å². The van der Waals surface area contributed by atoms with E-state index in [1.165, 1.54) is 10.7 Å². The lowest BCUT2D eigenvalue weighted by Crippen LogP contribution is -2.50. The van der Waals surface area contributed by atoms with Gasteiger partial charge in [0.15, 0.2) is 0 Å². The van der Waals surface area contributed by atoms with E-state index < -0.39 is 0 Å². The van der Waals surface area contributed by atoms with E-state index in [1.807, 2.05) is 18.2 Å². The molecule has 0 aromatic carbocycles. The van der Waals surface area contributed by atoms with Gasteiger partial charge < -0.3 is 9.80 Å². The van der Waals surface area contributed by atoms with Crippen LogP contribution < -0.4 is 10.5 Å². The second-order valence-corrected chi connectivity index (χ2v) is 6.41. The van der Waals surface area contributed by atoms with Gasteiger partial charge in [-0.25, -0.2) is 9.67 Å². The van der Waals surface area contributed by atoms with E-state index in [-0.39, 0.29) is 24.1 Å². The SMILES string of the molecule is Cc1ccc(=O)n(CC(=O)N(C)[C@H]2CCCN(c3ccccn3)C2)n1. The number of nitrogens with zero attached hydrogens (tertiary/aromatic N) is 5. The van der Waals surface area contributed by atoms with Crippen molar-refractivity contribution in [2.45, 2.75) is 32.4 Å². The molecule has 0 saturated carbocycles. The molecular weight excluding hydrogens is 318 g/mol. The molecule has 0 unspecified atom stereocenters. The largest absolute Gasteiger partial charge is 0.355 e. The van der Waals surface area contributed by atoms with Gasteiger partial charge in [0.1, 0.15) is 12.4 Å². The maximum absolute atomic E-state index is 12.6. The first-order valence-electron chi connectivity index (χ1n) is 8.51. The molecule has 0 N–H and O–H groups in total. The molecule has 132 valence electrons. The van der Waals surface area contributed by atoms with Gasteiger partial charge >= 0.3 is 0 Å². The second-order valence-electron chi connectivity index (χ2n) is 6.41. The molecule has 7 nitrogen and oxygen atoms in total. The maximum atomic E-state index is 12.6. The van der Waals surface area contributed by atoms with Crippen molar-refractivity contribution in [3.63, 3.8) is 0 Å². The van der Waals surface area contributed by atoms with Gasteiger partial charge in [-0.05, 0) is 38.0 Å². The van der Waals surface area contributed by atoms with Crippen LogP contribution in [-0.2, 0) is 11.3 Å². The van der Waals surface area contributed by atoms with Crippen molar-refractivity contribution in [1.29, 1.82) is 0 Å². The van der Waals surface area contributed by atoms with Crippen molar-refractivity contribution in [3.8, 4) is 0 Å². The van der Waals surface area contributed by atoms with Gasteiger partial charge in [0, 0.05) is 38.4 Å². The number of rotatable bonds is 4. The lowest BCUT2D eigenvalue weighted by molar-refractivity contribution is -0.133. The first-order valence-corrected chi connectivity index (χ1v) is 8.51. The number of hydrogen-bond acceptors (Lipinski definition) is 5. The maximum Gasteiger partial charge on any atom is 0.267 e. The molecule has 2 aromatic rings. The van der Waals surface area contributed by atoms with E-state index in [9.17, 15) is 9.59 Å². The molecule has 25 heavy (non-hydrogen) atoms. The van der Waals surface area contributed by atoms with E-state index in [1.54, 1.807) is 31.1 Å². The molecule has 2 aromatic heterocycles. The fourth-order valence-corrected chi connectivity index (χ4v) is 3.13. The van der Waals surface area contributed by atoms with Gasteiger partial charge in [-0.1, -0.05) is 6.07 Å². The number of anilines is 1. The van der Waals surface area contributed by atoms with E-state index in [2.05, 4.69) is 15.0 Å². The van der Waals surface area contributed by atoms with E-state index in [0.717, 1.165) is 31.7 Å². The Labute approximate surface area is 146 Å². The van der Waals surface area contributed by atoms with Crippen LogP contribution in [0.1, 0.15) is 18.5 Å². The molecule has 0 bridgehead atoms. The van der Waals surface area contributed by atoms with Gasteiger partial charge in [0.05, 0.1) is 5.69 Å². The molecular formula is C18H23N5O2. The Hall–Kier alpha value is -2.70. The number of amides is 1. The fourth-order valence-electron chi connectivity index (χ4n) is 3.13. The molecule has 0 radical (unpaired) electrons. The molecule has 1 amide bonds. The van der Waals surface area contributed by atoms with Crippen LogP contribution in [0.5, 0.6) is 0 Å². The normalized spacial score (nSPS) is 17.4. The highest BCUT2D eigenvalue weighted by atomic mass is 16.2. The standard InChI is InChI=1S/C18H23N5O2/c1-14-8-9-17(24)23(20-14)13-18(25)21(2)15-6-5-11-22(12-15)16-7-3-4-10-19-16/h3-4,7-10,15H,5-6,11-13H2,1-2H3/t15-/m0/s1. The summed E-state index contributed by atoms with van der Waals surface area (Å²) in [7, 11) is 1.80. The highest BCUT2D eigenvalue weighted by molar-refractivity contribution is 5.76. The van der Waals surface area contributed by atoms with Crippen LogP contribution in [-0.4, -0.2) is 51.8 Å². The number of piperidine rings is 1. The Bertz CT molecular complexity index is 790. The zero-order chi connectivity index (χ0) is 17.8. The molecule has 1 saturated heterocycles. The summed E-state index contributed by atoms with van der Waals surface area (Å²) in [5, 5.41) is 4.14. The highest BCUT2D eigenvalue weighted by Gasteiger charge is 2.27. The molecule has 1 aliphatic rings.